The second-order valence-corrected chi connectivity index (χ2v) is 9.32. The van der Waals surface area contributed by atoms with Crippen LogP contribution in [0.1, 0.15) is 11.1 Å². The third-order valence-electron chi connectivity index (χ3n) is 3.77. The summed E-state index contributed by atoms with van der Waals surface area (Å²) in [5.41, 5.74) is 2.30. The Bertz CT molecular complexity index is 1050. The first kappa shape index (κ1) is 22.1. The van der Waals surface area contributed by atoms with E-state index in [2.05, 4.69) is 48.8 Å². The average Bonchev–Trinajstić information content (AvgIpc) is 2.97. The van der Waals surface area contributed by atoms with Gasteiger partial charge in [-0.15, -0.1) is 0 Å². The Morgan fingerprint density at radius 3 is 2.90 bits per heavy atom. The van der Waals surface area contributed by atoms with Crippen LogP contribution in [0.4, 0.5) is 5.69 Å². The molecule has 1 aliphatic rings. The van der Waals surface area contributed by atoms with E-state index in [9.17, 15) is 9.59 Å². The molecule has 1 fully saturated rings. The van der Waals surface area contributed by atoms with Gasteiger partial charge < -0.3 is 15.2 Å². The second-order valence-electron chi connectivity index (χ2n) is 5.86. The van der Waals surface area contributed by atoms with Gasteiger partial charge in [-0.05, 0) is 98.7 Å². The number of rotatable bonds is 5. The standard InChI is InChI=1S/C19H13BrClIN2O4S/c1-9-12(21)3-2-4-14(9)23-19-24-18(27)15(29-19)7-10-5-11(20)17(13(22)6-10)28-8-16(25)26/h2-7H,8H2,1H3,(H,25,26)(H,23,24,27)/b15-7+. The minimum absolute atomic E-state index is 0.245. The second kappa shape index (κ2) is 9.50. The number of aliphatic imine (C=N–C) groups is 1. The van der Waals surface area contributed by atoms with Crippen molar-refractivity contribution in [3.05, 3.63) is 59.4 Å². The highest BCUT2D eigenvalue weighted by Gasteiger charge is 2.24. The summed E-state index contributed by atoms with van der Waals surface area (Å²) in [6, 6.07) is 8.99. The van der Waals surface area contributed by atoms with Crippen molar-refractivity contribution in [2.24, 2.45) is 4.99 Å². The zero-order valence-electron chi connectivity index (χ0n) is 14.8. The summed E-state index contributed by atoms with van der Waals surface area (Å²) in [6.45, 7) is 1.43. The van der Waals surface area contributed by atoms with E-state index in [0.717, 1.165) is 14.7 Å². The minimum atomic E-state index is -1.06. The van der Waals surface area contributed by atoms with Gasteiger partial charge in [-0.25, -0.2) is 9.79 Å². The molecule has 2 aromatic rings. The molecule has 1 aliphatic heterocycles. The number of amides is 1. The molecule has 0 spiro atoms. The molecule has 0 aromatic heterocycles. The zero-order chi connectivity index (χ0) is 21.1. The fourth-order valence-corrected chi connectivity index (χ4v) is 5.17. The predicted molar refractivity (Wildman–Crippen MR) is 127 cm³/mol. The van der Waals surface area contributed by atoms with Crippen LogP contribution in [-0.4, -0.2) is 28.8 Å². The first-order valence-corrected chi connectivity index (χ1v) is 11.2. The van der Waals surface area contributed by atoms with Crippen molar-refractivity contribution >= 4 is 90.7 Å². The fraction of sp³-hybridized carbons (Fsp3) is 0.105. The van der Waals surface area contributed by atoms with E-state index in [1.807, 2.05) is 13.0 Å². The van der Waals surface area contributed by atoms with Gasteiger partial charge in [0.05, 0.1) is 18.6 Å². The number of nitrogens with one attached hydrogen (secondary N) is 1. The number of nitrogens with zero attached hydrogens (tertiary/aromatic N) is 1. The van der Waals surface area contributed by atoms with Gasteiger partial charge in [0.2, 0.25) is 0 Å². The first-order valence-electron chi connectivity index (χ1n) is 8.13. The van der Waals surface area contributed by atoms with Gasteiger partial charge in [0.25, 0.3) is 5.91 Å². The van der Waals surface area contributed by atoms with Gasteiger partial charge >= 0.3 is 5.97 Å². The molecule has 0 radical (unpaired) electrons. The molecule has 29 heavy (non-hydrogen) atoms. The van der Waals surface area contributed by atoms with E-state index >= 15 is 0 Å². The first-order chi connectivity index (χ1) is 13.7. The smallest absolute Gasteiger partial charge is 0.341 e. The van der Waals surface area contributed by atoms with Crippen LogP contribution in [0.5, 0.6) is 5.75 Å². The van der Waals surface area contributed by atoms with Gasteiger partial charge in [-0.3, -0.25) is 4.79 Å². The summed E-state index contributed by atoms with van der Waals surface area (Å²) in [4.78, 5) is 28.0. The number of carboxylic acid groups (broad SMARTS) is 1. The summed E-state index contributed by atoms with van der Waals surface area (Å²) < 4.78 is 6.61. The molecule has 10 heteroatoms. The van der Waals surface area contributed by atoms with E-state index in [-0.39, 0.29) is 5.91 Å². The predicted octanol–water partition coefficient (Wildman–Crippen LogP) is 5.37. The summed E-state index contributed by atoms with van der Waals surface area (Å²) in [7, 11) is 0. The highest BCUT2D eigenvalue weighted by molar-refractivity contribution is 14.1. The SMILES string of the molecule is Cc1c(Cl)cccc1N=C1NC(=O)/C(=C\c2cc(Br)c(OCC(=O)O)c(I)c2)S1. The van der Waals surface area contributed by atoms with Crippen LogP contribution in [0.15, 0.2) is 44.7 Å². The number of ether oxygens (including phenoxy) is 1. The molecule has 2 aromatic carbocycles. The molecular formula is C19H13BrClIN2O4S. The number of carboxylic acids is 1. The molecule has 3 rings (SSSR count). The van der Waals surface area contributed by atoms with Crippen LogP contribution in [0.3, 0.4) is 0 Å². The van der Waals surface area contributed by atoms with Crippen molar-refractivity contribution in [3.8, 4) is 5.75 Å². The Balaban J connectivity index is 1.84. The van der Waals surface area contributed by atoms with Crippen molar-refractivity contribution in [1.29, 1.82) is 0 Å². The number of thioether (sulfide) groups is 1. The van der Waals surface area contributed by atoms with Crippen LogP contribution in [0.2, 0.25) is 5.02 Å². The maximum Gasteiger partial charge on any atom is 0.341 e. The number of carbonyl (C=O) groups excluding carboxylic acids is 1. The molecule has 1 saturated heterocycles. The zero-order valence-corrected chi connectivity index (χ0v) is 20.1. The number of halogens is 3. The normalized spacial score (nSPS) is 16.3. The topological polar surface area (TPSA) is 88.0 Å². The summed E-state index contributed by atoms with van der Waals surface area (Å²) in [5, 5.41) is 12.6. The lowest BCUT2D eigenvalue weighted by atomic mass is 10.2. The van der Waals surface area contributed by atoms with Gasteiger partial charge in [0.15, 0.2) is 11.8 Å². The Morgan fingerprint density at radius 2 is 2.21 bits per heavy atom. The third-order valence-corrected chi connectivity index (χ3v) is 6.48. The van der Waals surface area contributed by atoms with E-state index in [4.69, 9.17) is 21.4 Å². The van der Waals surface area contributed by atoms with Gasteiger partial charge in [0, 0.05) is 5.02 Å². The Kier molecular flexibility index (Phi) is 7.25. The highest BCUT2D eigenvalue weighted by atomic mass is 127. The third kappa shape index (κ3) is 5.53. The van der Waals surface area contributed by atoms with E-state index in [1.54, 1.807) is 30.3 Å². The number of hydrogen-bond donors (Lipinski definition) is 2. The maximum absolute atomic E-state index is 12.3. The molecule has 0 aliphatic carbocycles. The quantitative estimate of drug-likeness (QED) is 0.353. The molecule has 0 unspecified atom stereocenters. The Hall–Kier alpha value is -1.56. The van der Waals surface area contributed by atoms with E-state index in [0.29, 0.717) is 31.0 Å². The van der Waals surface area contributed by atoms with E-state index < -0.39 is 12.6 Å². The molecule has 1 amide bonds. The number of carbonyl (C=O) groups is 2. The monoisotopic (exact) mass is 606 g/mol. The van der Waals surface area contributed by atoms with Crippen molar-refractivity contribution in [3.63, 3.8) is 0 Å². The van der Waals surface area contributed by atoms with Crippen LogP contribution in [0, 0.1) is 10.5 Å². The molecule has 0 saturated carbocycles. The highest BCUT2D eigenvalue weighted by Crippen LogP contribution is 2.35. The lowest BCUT2D eigenvalue weighted by Gasteiger charge is -2.09. The average molecular weight is 608 g/mol. The Labute approximate surface area is 198 Å². The van der Waals surface area contributed by atoms with Crippen molar-refractivity contribution in [1.82, 2.24) is 5.32 Å². The van der Waals surface area contributed by atoms with Gasteiger partial charge in [0.1, 0.15) is 5.75 Å². The lowest BCUT2D eigenvalue weighted by molar-refractivity contribution is -0.139. The van der Waals surface area contributed by atoms with Crippen LogP contribution >= 0.6 is 61.9 Å². The van der Waals surface area contributed by atoms with Crippen LogP contribution in [-0.2, 0) is 9.59 Å². The van der Waals surface area contributed by atoms with Gasteiger partial charge in [-0.2, -0.15) is 0 Å². The maximum atomic E-state index is 12.3. The van der Waals surface area contributed by atoms with E-state index in [1.165, 1.54) is 11.8 Å². The summed E-state index contributed by atoms with van der Waals surface area (Å²) >= 11 is 12.8. The molecule has 0 bridgehead atoms. The molecule has 2 N–H and O–H groups in total. The summed E-state index contributed by atoms with van der Waals surface area (Å²) in [5.74, 6) is -0.859. The largest absolute Gasteiger partial charge is 0.480 e. The number of hydrogen-bond acceptors (Lipinski definition) is 5. The molecule has 6 nitrogen and oxygen atoms in total. The van der Waals surface area contributed by atoms with Crippen molar-refractivity contribution in [2.45, 2.75) is 6.92 Å². The number of aliphatic carboxylic acids is 1. The Morgan fingerprint density at radius 1 is 1.45 bits per heavy atom. The fourth-order valence-electron chi connectivity index (χ4n) is 2.39. The number of amidine groups is 1. The molecule has 1 heterocycles. The molecular weight excluding hydrogens is 595 g/mol. The minimum Gasteiger partial charge on any atom is -0.480 e. The molecule has 0 atom stereocenters. The molecule has 150 valence electrons. The van der Waals surface area contributed by atoms with Crippen LogP contribution < -0.4 is 10.1 Å². The summed E-state index contributed by atoms with van der Waals surface area (Å²) in [6.07, 6.45) is 1.74. The lowest BCUT2D eigenvalue weighted by Crippen LogP contribution is -2.19. The van der Waals surface area contributed by atoms with Crippen LogP contribution in [0.25, 0.3) is 6.08 Å². The van der Waals surface area contributed by atoms with Crippen molar-refractivity contribution < 1.29 is 19.4 Å². The number of benzene rings is 2. The van der Waals surface area contributed by atoms with Crippen molar-refractivity contribution in [2.75, 3.05) is 6.61 Å². The van der Waals surface area contributed by atoms with Gasteiger partial charge in [-0.1, -0.05) is 17.7 Å².